The number of carbonyl (C=O) groups excluding carboxylic acids is 1. The molecule has 18 heavy (non-hydrogen) atoms. The molecule has 0 heterocycles. The molecule has 0 aromatic rings. The number of hydrogen-bond acceptors (Lipinski definition) is 4. The van der Waals surface area contributed by atoms with Crippen molar-refractivity contribution in [1.29, 1.82) is 0 Å². The van der Waals surface area contributed by atoms with Crippen molar-refractivity contribution < 1.29 is 14.6 Å². The standard InChI is InChI=1S/C13H28N2O3/c1-7-15(6)12(17)10(2)14-8-11(16)9-18-13(3,4)5/h10-11,14,16H,7-9H2,1-6H3. The monoisotopic (exact) mass is 260 g/mol. The molecule has 0 aliphatic rings. The van der Waals surface area contributed by atoms with Crippen molar-refractivity contribution in [2.75, 3.05) is 26.7 Å². The molecule has 0 bridgehead atoms. The maximum absolute atomic E-state index is 11.8. The van der Waals surface area contributed by atoms with E-state index in [0.29, 0.717) is 13.1 Å². The average molecular weight is 260 g/mol. The first-order valence-corrected chi connectivity index (χ1v) is 6.47. The van der Waals surface area contributed by atoms with E-state index in [9.17, 15) is 9.90 Å². The highest BCUT2D eigenvalue weighted by molar-refractivity contribution is 5.81. The van der Waals surface area contributed by atoms with Gasteiger partial charge in [-0.3, -0.25) is 4.79 Å². The number of nitrogens with one attached hydrogen (secondary N) is 1. The summed E-state index contributed by atoms with van der Waals surface area (Å²) in [6, 6.07) is -0.292. The van der Waals surface area contributed by atoms with Gasteiger partial charge in [-0.25, -0.2) is 0 Å². The lowest BCUT2D eigenvalue weighted by Crippen LogP contribution is -2.46. The molecule has 2 unspecified atom stereocenters. The molecule has 1 amide bonds. The Morgan fingerprint density at radius 1 is 1.44 bits per heavy atom. The van der Waals surface area contributed by atoms with Gasteiger partial charge < -0.3 is 20.1 Å². The van der Waals surface area contributed by atoms with Crippen molar-refractivity contribution in [3.63, 3.8) is 0 Å². The van der Waals surface area contributed by atoms with Gasteiger partial charge in [0.1, 0.15) is 0 Å². The number of aliphatic hydroxyl groups excluding tert-OH is 1. The van der Waals surface area contributed by atoms with Crippen molar-refractivity contribution in [2.24, 2.45) is 0 Å². The van der Waals surface area contributed by atoms with Gasteiger partial charge in [0.2, 0.25) is 5.91 Å². The summed E-state index contributed by atoms with van der Waals surface area (Å²) in [5.41, 5.74) is -0.259. The van der Waals surface area contributed by atoms with Crippen LogP contribution in [-0.2, 0) is 9.53 Å². The fourth-order valence-corrected chi connectivity index (χ4v) is 1.29. The molecule has 0 aromatic heterocycles. The highest BCUT2D eigenvalue weighted by atomic mass is 16.5. The zero-order valence-corrected chi connectivity index (χ0v) is 12.5. The van der Waals surface area contributed by atoms with Gasteiger partial charge in [0.05, 0.1) is 24.4 Å². The minimum Gasteiger partial charge on any atom is -0.389 e. The number of amides is 1. The van der Waals surface area contributed by atoms with Gasteiger partial charge in [-0.15, -0.1) is 0 Å². The Labute approximate surface area is 110 Å². The number of likely N-dealkylation sites (N-methyl/N-ethyl adjacent to an activating group) is 1. The first kappa shape index (κ1) is 17.4. The third-order valence-corrected chi connectivity index (χ3v) is 2.59. The fourth-order valence-electron chi connectivity index (χ4n) is 1.29. The summed E-state index contributed by atoms with van der Waals surface area (Å²) in [5, 5.41) is 12.7. The summed E-state index contributed by atoms with van der Waals surface area (Å²) < 4.78 is 5.47. The van der Waals surface area contributed by atoms with Gasteiger partial charge >= 0.3 is 0 Å². The van der Waals surface area contributed by atoms with Crippen LogP contribution < -0.4 is 5.32 Å². The lowest BCUT2D eigenvalue weighted by Gasteiger charge is -2.24. The summed E-state index contributed by atoms with van der Waals surface area (Å²) in [6.07, 6.45) is -0.605. The van der Waals surface area contributed by atoms with E-state index in [2.05, 4.69) is 5.32 Å². The summed E-state index contributed by atoms with van der Waals surface area (Å²) in [6.45, 7) is 10.8. The molecule has 0 saturated carbocycles. The molecular formula is C13H28N2O3. The van der Waals surface area contributed by atoms with Crippen LogP contribution in [0.25, 0.3) is 0 Å². The van der Waals surface area contributed by atoms with E-state index in [1.54, 1.807) is 18.9 Å². The Bertz CT molecular complexity index is 251. The molecule has 0 fully saturated rings. The SMILES string of the molecule is CCN(C)C(=O)C(C)NCC(O)COC(C)(C)C. The van der Waals surface area contributed by atoms with E-state index in [1.807, 2.05) is 27.7 Å². The Kier molecular flexibility index (Phi) is 7.43. The second kappa shape index (κ2) is 7.71. The average Bonchev–Trinajstić information content (AvgIpc) is 2.30. The van der Waals surface area contributed by atoms with Crippen LogP contribution in [0.15, 0.2) is 0 Å². The molecule has 0 spiro atoms. The van der Waals surface area contributed by atoms with Crippen molar-refractivity contribution in [3.05, 3.63) is 0 Å². The molecular weight excluding hydrogens is 232 g/mol. The van der Waals surface area contributed by atoms with E-state index in [0.717, 1.165) is 0 Å². The molecule has 5 nitrogen and oxygen atoms in total. The molecule has 0 aliphatic heterocycles. The first-order valence-electron chi connectivity index (χ1n) is 6.47. The second-order valence-electron chi connectivity index (χ2n) is 5.56. The lowest BCUT2D eigenvalue weighted by molar-refractivity contribution is -0.131. The summed E-state index contributed by atoms with van der Waals surface area (Å²) in [5.74, 6) is 0.0291. The Hall–Kier alpha value is -0.650. The highest BCUT2D eigenvalue weighted by Gasteiger charge is 2.18. The number of aliphatic hydroxyl groups is 1. The molecule has 0 rings (SSSR count). The van der Waals surface area contributed by atoms with Crippen LogP contribution in [0.5, 0.6) is 0 Å². The summed E-state index contributed by atoms with van der Waals surface area (Å²) in [4.78, 5) is 13.4. The van der Waals surface area contributed by atoms with Crippen LogP contribution >= 0.6 is 0 Å². The third-order valence-electron chi connectivity index (χ3n) is 2.59. The van der Waals surface area contributed by atoms with Crippen LogP contribution in [0.4, 0.5) is 0 Å². The number of rotatable bonds is 7. The number of ether oxygens (including phenoxy) is 1. The molecule has 2 N–H and O–H groups in total. The quantitative estimate of drug-likeness (QED) is 0.704. The van der Waals surface area contributed by atoms with Crippen LogP contribution in [0.3, 0.4) is 0 Å². The first-order chi connectivity index (χ1) is 8.17. The van der Waals surface area contributed by atoms with E-state index < -0.39 is 6.10 Å². The van der Waals surface area contributed by atoms with Gasteiger partial charge in [0, 0.05) is 20.1 Å². The lowest BCUT2D eigenvalue weighted by atomic mass is 10.2. The molecule has 108 valence electrons. The van der Waals surface area contributed by atoms with Crippen molar-refractivity contribution >= 4 is 5.91 Å². The topological polar surface area (TPSA) is 61.8 Å². The van der Waals surface area contributed by atoms with Gasteiger partial charge in [0.15, 0.2) is 0 Å². The number of nitrogens with zero attached hydrogens (tertiary/aromatic N) is 1. The molecule has 0 radical (unpaired) electrons. The maximum atomic E-state index is 11.8. The minimum atomic E-state index is -0.605. The largest absolute Gasteiger partial charge is 0.389 e. The number of hydrogen-bond donors (Lipinski definition) is 2. The smallest absolute Gasteiger partial charge is 0.239 e. The van der Waals surface area contributed by atoms with Crippen molar-refractivity contribution in [1.82, 2.24) is 10.2 Å². The second-order valence-corrected chi connectivity index (χ2v) is 5.56. The number of carbonyl (C=O) groups is 1. The summed E-state index contributed by atoms with van der Waals surface area (Å²) >= 11 is 0. The van der Waals surface area contributed by atoms with E-state index in [4.69, 9.17) is 4.74 Å². The van der Waals surface area contributed by atoms with Crippen LogP contribution in [-0.4, -0.2) is 60.4 Å². The van der Waals surface area contributed by atoms with Crippen molar-refractivity contribution in [3.8, 4) is 0 Å². The molecule has 2 atom stereocenters. The predicted molar refractivity (Wildman–Crippen MR) is 72.5 cm³/mol. The highest BCUT2D eigenvalue weighted by Crippen LogP contribution is 2.06. The Morgan fingerprint density at radius 2 is 2.00 bits per heavy atom. The Morgan fingerprint density at radius 3 is 2.44 bits per heavy atom. The van der Waals surface area contributed by atoms with Crippen molar-refractivity contribution in [2.45, 2.75) is 52.4 Å². The van der Waals surface area contributed by atoms with Crippen LogP contribution in [0.1, 0.15) is 34.6 Å². The van der Waals surface area contributed by atoms with E-state index in [1.165, 1.54) is 0 Å². The normalized spacial score (nSPS) is 15.3. The molecule has 0 aliphatic carbocycles. The van der Waals surface area contributed by atoms with Gasteiger partial charge in [0.25, 0.3) is 0 Å². The third kappa shape index (κ3) is 7.63. The Balaban J connectivity index is 3.91. The predicted octanol–water partition coefficient (Wildman–Crippen LogP) is 0.619. The molecule has 0 saturated heterocycles. The maximum Gasteiger partial charge on any atom is 0.239 e. The zero-order valence-electron chi connectivity index (χ0n) is 12.5. The minimum absolute atomic E-state index is 0.0291. The zero-order chi connectivity index (χ0) is 14.3. The van der Waals surface area contributed by atoms with Gasteiger partial charge in [-0.2, -0.15) is 0 Å². The molecule has 5 heteroatoms. The van der Waals surface area contributed by atoms with Crippen LogP contribution in [0, 0.1) is 0 Å². The molecule has 0 aromatic carbocycles. The summed E-state index contributed by atoms with van der Waals surface area (Å²) in [7, 11) is 1.76. The van der Waals surface area contributed by atoms with Gasteiger partial charge in [-0.05, 0) is 34.6 Å². The van der Waals surface area contributed by atoms with Gasteiger partial charge in [-0.1, -0.05) is 0 Å². The van der Waals surface area contributed by atoms with E-state index in [-0.39, 0.29) is 24.2 Å². The van der Waals surface area contributed by atoms with E-state index >= 15 is 0 Å². The van der Waals surface area contributed by atoms with Crippen LogP contribution in [0.2, 0.25) is 0 Å². The fraction of sp³-hybridized carbons (Fsp3) is 0.923.